The van der Waals surface area contributed by atoms with Crippen LogP contribution in [-0.4, -0.2) is 18.6 Å². The highest BCUT2D eigenvalue weighted by Gasteiger charge is 2.25. The highest BCUT2D eigenvalue weighted by molar-refractivity contribution is 7.54. The van der Waals surface area contributed by atoms with Gasteiger partial charge in [-0.15, -0.1) is 0 Å². The van der Waals surface area contributed by atoms with Gasteiger partial charge in [-0.25, -0.2) is 4.57 Å². The highest BCUT2D eigenvalue weighted by atomic mass is 31.2. The number of carbonyl (C=O) groups excluding carboxylic acids is 2. The molecule has 0 amide bonds. The predicted molar refractivity (Wildman–Crippen MR) is 55.5 cm³/mol. The third-order valence-corrected chi connectivity index (χ3v) is 2.51. The van der Waals surface area contributed by atoms with E-state index < -0.39 is 19.5 Å². The van der Waals surface area contributed by atoms with E-state index >= 15 is 0 Å². The average molecular weight is 236 g/mol. The van der Waals surface area contributed by atoms with E-state index in [-0.39, 0.29) is 12.8 Å². The van der Waals surface area contributed by atoms with Gasteiger partial charge in [0.15, 0.2) is 0 Å². The molecule has 0 bridgehead atoms. The molecule has 0 spiro atoms. The van der Waals surface area contributed by atoms with E-state index in [1.165, 1.54) is 0 Å². The average Bonchev–Trinajstić information content (AvgIpc) is 2.01. The molecular formula is C9H17O5P. The molecular weight excluding hydrogens is 219 g/mol. The smallest absolute Gasteiger partial charge is 0.383 e. The van der Waals surface area contributed by atoms with Crippen LogP contribution >= 0.6 is 7.60 Å². The third kappa shape index (κ3) is 7.14. The summed E-state index contributed by atoms with van der Waals surface area (Å²) in [5, 5.41) is 0. The number of rotatable bonds is 6. The van der Waals surface area contributed by atoms with Gasteiger partial charge in [0.2, 0.25) is 0 Å². The Morgan fingerprint density at radius 3 is 1.60 bits per heavy atom. The zero-order valence-corrected chi connectivity index (χ0v) is 10.2. The molecule has 0 aromatic carbocycles. The molecule has 0 fully saturated rings. The molecule has 0 saturated carbocycles. The lowest BCUT2D eigenvalue weighted by Crippen LogP contribution is -2.07. The molecule has 0 unspecified atom stereocenters. The molecule has 0 heterocycles. The summed E-state index contributed by atoms with van der Waals surface area (Å²) in [6, 6.07) is 0. The molecule has 0 aliphatic carbocycles. The van der Waals surface area contributed by atoms with Gasteiger partial charge in [0.05, 0.1) is 6.66 Å². The molecule has 0 radical (unpaired) electrons. The highest BCUT2D eigenvalue weighted by Crippen LogP contribution is 2.44. The molecule has 0 aliphatic rings. The van der Waals surface area contributed by atoms with E-state index in [9.17, 15) is 14.2 Å². The lowest BCUT2D eigenvalue weighted by Gasteiger charge is -2.13. The van der Waals surface area contributed by atoms with Crippen molar-refractivity contribution in [3.63, 3.8) is 0 Å². The molecule has 0 aromatic rings. The molecule has 0 aromatic heterocycles. The molecule has 0 rings (SSSR count). The fraction of sp³-hybridized carbons (Fsp3) is 0.778. The van der Waals surface area contributed by atoms with Crippen molar-refractivity contribution >= 4 is 19.5 Å². The first-order valence-corrected chi connectivity index (χ1v) is 6.92. The van der Waals surface area contributed by atoms with Crippen LogP contribution in [0.25, 0.3) is 0 Å². The van der Waals surface area contributed by atoms with Gasteiger partial charge in [-0.05, 0) is 12.8 Å². The Balaban J connectivity index is 4.12. The van der Waals surface area contributed by atoms with E-state index in [4.69, 9.17) is 0 Å². The molecule has 0 aliphatic heterocycles. The molecule has 5 nitrogen and oxygen atoms in total. The lowest BCUT2D eigenvalue weighted by atomic mass is 10.4. The summed E-state index contributed by atoms with van der Waals surface area (Å²) in [5.74, 6) is -1.21. The van der Waals surface area contributed by atoms with Crippen molar-refractivity contribution in [3.8, 4) is 0 Å². The minimum Gasteiger partial charge on any atom is -0.383 e. The first-order valence-electron chi connectivity index (χ1n) is 4.93. The fourth-order valence-electron chi connectivity index (χ4n) is 0.888. The second-order valence-electron chi connectivity index (χ2n) is 3.20. The summed E-state index contributed by atoms with van der Waals surface area (Å²) >= 11 is 0. The third-order valence-electron chi connectivity index (χ3n) is 1.44. The zero-order chi connectivity index (χ0) is 11.9. The normalized spacial score (nSPS) is 10.9. The van der Waals surface area contributed by atoms with Crippen LogP contribution < -0.4 is 0 Å². The summed E-state index contributed by atoms with van der Waals surface area (Å²) in [4.78, 5) is 22.0. The van der Waals surface area contributed by atoms with E-state index in [1.54, 1.807) is 13.8 Å². The number of hydrogen-bond acceptors (Lipinski definition) is 5. The van der Waals surface area contributed by atoms with Crippen molar-refractivity contribution < 1.29 is 23.2 Å². The topological polar surface area (TPSA) is 69.7 Å². The van der Waals surface area contributed by atoms with Gasteiger partial charge in [-0.3, -0.25) is 9.59 Å². The van der Waals surface area contributed by atoms with Gasteiger partial charge < -0.3 is 9.05 Å². The van der Waals surface area contributed by atoms with Gasteiger partial charge in [0.25, 0.3) is 0 Å². The summed E-state index contributed by atoms with van der Waals surface area (Å²) in [5.41, 5.74) is 0. The van der Waals surface area contributed by atoms with Crippen LogP contribution in [0.3, 0.4) is 0 Å². The lowest BCUT2D eigenvalue weighted by molar-refractivity contribution is -0.138. The largest absolute Gasteiger partial charge is 0.431 e. The van der Waals surface area contributed by atoms with Gasteiger partial charge in [-0.2, -0.15) is 0 Å². The van der Waals surface area contributed by atoms with Crippen molar-refractivity contribution in [1.29, 1.82) is 0 Å². The summed E-state index contributed by atoms with van der Waals surface area (Å²) in [6.07, 6.45) is 1.54. The summed E-state index contributed by atoms with van der Waals surface area (Å²) < 4.78 is 20.6. The SMILES string of the molecule is CCCC(=O)OP(C)(=O)OC(=O)CCC. The molecule has 0 N–H and O–H groups in total. The van der Waals surface area contributed by atoms with Crippen LogP contribution in [0.4, 0.5) is 0 Å². The van der Waals surface area contributed by atoms with Crippen molar-refractivity contribution in [3.05, 3.63) is 0 Å². The van der Waals surface area contributed by atoms with Crippen molar-refractivity contribution in [2.45, 2.75) is 39.5 Å². The molecule has 88 valence electrons. The van der Waals surface area contributed by atoms with E-state index in [0.717, 1.165) is 6.66 Å². The van der Waals surface area contributed by atoms with Crippen LogP contribution in [0.15, 0.2) is 0 Å². The molecule has 0 atom stereocenters. The quantitative estimate of drug-likeness (QED) is 0.662. The second kappa shape index (κ2) is 6.62. The number of hydrogen-bond donors (Lipinski definition) is 0. The van der Waals surface area contributed by atoms with Crippen LogP contribution in [-0.2, 0) is 23.2 Å². The van der Waals surface area contributed by atoms with Crippen molar-refractivity contribution in [2.24, 2.45) is 0 Å². The standard InChI is InChI=1S/C9H17O5P/c1-4-6-8(10)13-15(3,12)14-9(11)7-5-2/h4-7H2,1-3H3. The first kappa shape index (κ1) is 14.2. The molecule has 15 heavy (non-hydrogen) atoms. The van der Waals surface area contributed by atoms with Crippen LogP contribution in [0.5, 0.6) is 0 Å². The first-order chi connectivity index (χ1) is 6.91. The minimum absolute atomic E-state index is 0.170. The Hall–Kier alpha value is -0.830. The van der Waals surface area contributed by atoms with Crippen molar-refractivity contribution in [2.75, 3.05) is 6.66 Å². The van der Waals surface area contributed by atoms with E-state index in [1.807, 2.05) is 0 Å². The van der Waals surface area contributed by atoms with Crippen LogP contribution in [0.1, 0.15) is 39.5 Å². The maximum absolute atomic E-state index is 11.5. The van der Waals surface area contributed by atoms with Crippen LogP contribution in [0, 0.1) is 0 Å². The molecule has 6 heteroatoms. The summed E-state index contributed by atoms with van der Waals surface area (Å²) in [7, 11) is -3.56. The zero-order valence-electron chi connectivity index (χ0n) is 9.32. The fourth-order valence-corrected chi connectivity index (χ4v) is 1.85. The Labute approximate surface area is 89.7 Å². The Bertz CT molecular complexity index is 250. The Morgan fingerprint density at radius 2 is 1.33 bits per heavy atom. The maximum Gasteiger partial charge on any atom is 0.431 e. The van der Waals surface area contributed by atoms with Crippen LogP contribution in [0.2, 0.25) is 0 Å². The Kier molecular flexibility index (Phi) is 6.25. The predicted octanol–water partition coefficient (Wildman–Crippen LogP) is 2.50. The van der Waals surface area contributed by atoms with E-state index in [0.29, 0.717) is 12.8 Å². The van der Waals surface area contributed by atoms with Gasteiger partial charge in [-0.1, -0.05) is 13.8 Å². The minimum atomic E-state index is -3.56. The van der Waals surface area contributed by atoms with Crippen molar-refractivity contribution in [1.82, 2.24) is 0 Å². The van der Waals surface area contributed by atoms with Gasteiger partial charge in [0, 0.05) is 12.8 Å². The molecule has 0 saturated heterocycles. The second-order valence-corrected chi connectivity index (χ2v) is 5.11. The monoisotopic (exact) mass is 236 g/mol. The number of carbonyl (C=O) groups is 2. The van der Waals surface area contributed by atoms with Gasteiger partial charge >= 0.3 is 19.5 Å². The Morgan fingerprint density at radius 1 is 1.00 bits per heavy atom. The van der Waals surface area contributed by atoms with Gasteiger partial charge in [0.1, 0.15) is 0 Å². The van der Waals surface area contributed by atoms with E-state index in [2.05, 4.69) is 9.05 Å². The summed E-state index contributed by atoms with van der Waals surface area (Å²) in [6.45, 7) is 4.71. The maximum atomic E-state index is 11.5.